The van der Waals surface area contributed by atoms with E-state index in [1.807, 2.05) is 54.5 Å². The van der Waals surface area contributed by atoms with Crippen LogP contribution in [0.1, 0.15) is 92.6 Å². The van der Waals surface area contributed by atoms with Gasteiger partial charge in [0.25, 0.3) is 0 Å². The largest absolute Gasteiger partial charge is 0.463 e. The fraction of sp³-hybridized carbons (Fsp3) is 0.718. The van der Waals surface area contributed by atoms with Gasteiger partial charge in [-0.2, -0.15) is 0 Å². The molecule has 9 heteroatoms. The number of hydrogen-bond donors (Lipinski definition) is 0. The summed E-state index contributed by atoms with van der Waals surface area (Å²) in [7, 11) is 0. The Hall–Kier alpha value is -2.11. The maximum absolute atomic E-state index is 12.0. The van der Waals surface area contributed by atoms with Crippen LogP contribution in [0.4, 0.5) is 0 Å². The number of unbranched alkanes of at least 4 members (excludes halogenated alkanes) is 1. The molecule has 0 bridgehead atoms. The van der Waals surface area contributed by atoms with Crippen molar-refractivity contribution in [3.8, 4) is 0 Å². The molecular formula is C39H64O9. The number of aryl methyl sites for hydroxylation is 1. The fourth-order valence-corrected chi connectivity index (χ4v) is 6.11. The second-order valence-electron chi connectivity index (χ2n) is 12.0. The maximum Gasteiger partial charge on any atom is 0.305 e. The Kier molecular flexibility index (Phi) is 22.6. The first-order chi connectivity index (χ1) is 23.3. The molecule has 0 saturated heterocycles. The molecule has 8 atom stereocenters. The summed E-state index contributed by atoms with van der Waals surface area (Å²) in [6.45, 7) is 16.8. The lowest BCUT2D eigenvalue weighted by atomic mass is 9.89. The lowest BCUT2D eigenvalue weighted by Crippen LogP contribution is -2.28. The fourth-order valence-electron chi connectivity index (χ4n) is 6.11. The van der Waals surface area contributed by atoms with E-state index in [1.165, 1.54) is 5.56 Å². The lowest BCUT2D eigenvalue weighted by molar-refractivity contribution is -0.175. The van der Waals surface area contributed by atoms with E-state index in [2.05, 4.69) is 48.6 Å². The van der Waals surface area contributed by atoms with E-state index in [4.69, 9.17) is 37.9 Å². The van der Waals surface area contributed by atoms with Gasteiger partial charge in [-0.05, 0) is 92.1 Å². The van der Waals surface area contributed by atoms with Crippen molar-refractivity contribution in [2.24, 2.45) is 11.8 Å². The van der Waals surface area contributed by atoms with Crippen molar-refractivity contribution in [3.05, 3.63) is 60.2 Å². The number of rotatable bonds is 27. The Bertz CT molecular complexity index is 1000. The van der Waals surface area contributed by atoms with Crippen LogP contribution in [0.15, 0.2) is 54.6 Å². The molecule has 9 nitrogen and oxygen atoms in total. The quantitative estimate of drug-likeness (QED) is 0.0401. The third kappa shape index (κ3) is 17.5. The van der Waals surface area contributed by atoms with E-state index >= 15 is 0 Å². The summed E-state index contributed by atoms with van der Waals surface area (Å²) in [6.07, 6.45) is 12.7. The minimum Gasteiger partial charge on any atom is -0.463 e. The van der Waals surface area contributed by atoms with Crippen LogP contribution in [-0.2, 0) is 49.1 Å². The van der Waals surface area contributed by atoms with Gasteiger partial charge in [0.1, 0.15) is 6.61 Å². The molecule has 0 spiro atoms. The van der Waals surface area contributed by atoms with Gasteiger partial charge in [0, 0.05) is 45.2 Å². The van der Waals surface area contributed by atoms with Crippen LogP contribution in [0.2, 0.25) is 0 Å². The van der Waals surface area contributed by atoms with Gasteiger partial charge in [0.05, 0.1) is 24.9 Å². The predicted molar refractivity (Wildman–Crippen MR) is 188 cm³/mol. The van der Waals surface area contributed by atoms with E-state index in [0.29, 0.717) is 46.1 Å². The third-order valence-corrected chi connectivity index (χ3v) is 8.30. The highest BCUT2D eigenvalue weighted by Gasteiger charge is 2.44. The maximum atomic E-state index is 12.0. The number of allylic oxidation sites excluding steroid dienone is 2. The summed E-state index contributed by atoms with van der Waals surface area (Å²) in [5.74, 6) is 0.0114. The Balaban J connectivity index is 2.22. The summed E-state index contributed by atoms with van der Waals surface area (Å²) in [4.78, 5) is 12.0. The van der Waals surface area contributed by atoms with E-state index in [9.17, 15) is 4.79 Å². The first-order valence-electron chi connectivity index (χ1n) is 18.2. The Morgan fingerprint density at radius 3 is 2.17 bits per heavy atom. The highest BCUT2D eigenvalue weighted by atomic mass is 16.7. The first kappa shape index (κ1) is 42.1. The molecule has 0 aliphatic heterocycles. The monoisotopic (exact) mass is 676 g/mol. The second-order valence-corrected chi connectivity index (χ2v) is 12.0. The molecule has 0 unspecified atom stereocenters. The van der Waals surface area contributed by atoms with Crippen LogP contribution < -0.4 is 0 Å². The lowest BCUT2D eigenvalue weighted by Gasteiger charge is -2.27. The van der Waals surface area contributed by atoms with Crippen LogP contribution >= 0.6 is 0 Å². The molecule has 1 aromatic rings. The van der Waals surface area contributed by atoms with Gasteiger partial charge in [-0.15, -0.1) is 0 Å². The zero-order chi connectivity index (χ0) is 35.0. The molecule has 0 heterocycles. The van der Waals surface area contributed by atoms with Gasteiger partial charge >= 0.3 is 5.97 Å². The normalized spacial score (nSPS) is 22.3. The van der Waals surface area contributed by atoms with Crippen molar-refractivity contribution in [2.75, 3.05) is 39.6 Å². The molecule has 1 aliphatic carbocycles. The molecule has 0 amide bonds. The summed E-state index contributed by atoms with van der Waals surface area (Å²) >= 11 is 0. The highest BCUT2D eigenvalue weighted by molar-refractivity contribution is 5.69. The number of benzene rings is 1. The first-order valence-corrected chi connectivity index (χ1v) is 18.2. The zero-order valence-electron chi connectivity index (χ0n) is 30.7. The van der Waals surface area contributed by atoms with Gasteiger partial charge < -0.3 is 37.9 Å². The average Bonchev–Trinajstić information content (AvgIpc) is 3.37. The minimum atomic E-state index is -0.341. The molecule has 274 valence electrons. The van der Waals surface area contributed by atoms with Gasteiger partial charge in [-0.25, -0.2) is 0 Å². The SMILES string of the molecule is CCOCCOC(=O)CCC/C=C\C[C@@H]1[C@@H](/C=C/[C@H](CCc2ccccc2)O[C@H](C)OCC)[C@H](O[C@H](C)OCC)C[C@H]1O[C@H](C)OCC. The van der Waals surface area contributed by atoms with Gasteiger partial charge in [-0.3, -0.25) is 4.79 Å². The smallest absolute Gasteiger partial charge is 0.305 e. The molecule has 0 N–H and O–H groups in total. The number of carbonyl (C=O) groups is 1. The average molecular weight is 677 g/mol. The topological polar surface area (TPSA) is 90.9 Å². The van der Waals surface area contributed by atoms with E-state index in [-0.39, 0.29) is 55.0 Å². The summed E-state index contributed by atoms with van der Waals surface area (Å²) in [6, 6.07) is 10.5. The molecule has 1 fully saturated rings. The second kappa shape index (κ2) is 25.8. The van der Waals surface area contributed by atoms with Crippen LogP contribution in [0.5, 0.6) is 0 Å². The van der Waals surface area contributed by atoms with Gasteiger partial charge in [-0.1, -0.05) is 54.6 Å². The minimum absolute atomic E-state index is 0.0573. The molecular weight excluding hydrogens is 612 g/mol. The number of ether oxygens (including phenoxy) is 8. The highest BCUT2D eigenvalue weighted by Crippen LogP contribution is 2.41. The van der Waals surface area contributed by atoms with E-state index in [0.717, 1.165) is 38.5 Å². The van der Waals surface area contributed by atoms with Crippen molar-refractivity contribution >= 4 is 5.97 Å². The molecule has 2 rings (SSSR count). The Morgan fingerprint density at radius 2 is 1.50 bits per heavy atom. The molecule has 0 radical (unpaired) electrons. The van der Waals surface area contributed by atoms with Crippen molar-refractivity contribution in [1.29, 1.82) is 0 Å². The third-order valence-electron chi connectivity index (χ3n) is 8.30. The predicted octanol–water partition coefficient (Wildman–Crippen LogP) is 7.81. The van der Waals surface area contributed by atoms with Crippen molar-refractivity contribution in [2.45, 2.75) is 131 Å². The molecule has 0 aromatic heterocycles. The van der Waals surface area contributed by atoms with Crippen LogP contribution in [0.3, 0.4) is 0 Å². The Labute approximate surface area is 290 Å². The summed E-state index contributed by atoms with van der Waals surface area (Å²) < 4.78 is 47.2. The molecule has 1 saturated carbocycles. The van der Waals surface area contributed by atoms with E-state index in [1.54, 1.807) is 0 Å². The molecule has 1 aliphatic rings. The zero-order valence-corrected chi connectivity index (χ0v) is 30.7. The van der Waals surface area contributed by atoms with Crippen LogP contribution in [-0.4, -0.2) is 82.8 Å². The van der Waals surface area contributed by atoms with Gasteiger partial charge in [0.15, 0.2) is 18.9 Å². The van der Waals surface area contributed by atoms with Crippen molar-refractivity contribution in [1.82, 2.24) is 0 Å². The molecule has 1 aromatic carbocycles. The number of carbonyl (C=O) groups excluding carboxylic acids is 1. The summed E-state index contributed by atoms with van der Waals surface area (Å²) in [5.41, 5.74) is 1.27. The van der Waals surface area contributed by atoms with Gasteiger partial charge in [0.2, 0.25) is 0 Å². The van der Waals surface area contributed by atoms with E-state index < -0.39 is 0 Å². The van der Waals surface area contributed by atoms with Crippen LogP contribution in [0, 0.1) is 11.8 Å². The number of esters is 1. The van der Waals surface area contributed by atoms with Crippen molar-refractivity contribution < 1.29 is 42.7 Å². The Morgan fingerprint density at radius 1 is 0.833 bits per heavy atom. The molecule has 48 heavy (non-hydrogen) atoms. The standard InChI is InChI=1S/C39H64O9/c1-8-41-27-28-45-39(40)22-18-13-12-17-21-35-36(38(48-32(7)44-11-4)29-37(35)47-31(6)43-10-3)26-25-34(46-30(5)42-9-2)24-23-33-19-15-14-16-20-33/h12,14-17,19-20,25-26,30-32,34-38H,8-11,13,18,21-24,27-29H2,1-7H3/b17-12-,26-25+/t30-,31-,32-,34+,35-,36-,37-,38-/m1/s1. The van der Waals surface area contributed by atoms with Crippen molar-refractivity contribution in [3.63, 3.8) is 0 Å². The van der Waals surface area contributed by atoms with Crippen LogP contribution in [0.25, 0.3) is 0 Å². The summed E-state index contributed by atoms with van der Waals surface area (Å²) in [5, 5.41) is 0. The number of hydrogen-bond acceptors (Lipinski definition) is 9.